The Hall–Kier alpha value is -2.17. The van der Waals surface area contributed by atoms with Crippen LogP contribution in [0, 0.1) is 19.7 Å². The third kappa shape index (κ3) is 1.88. The molecular formula is C13H13FN2O2. The Morgan fingerprint density at radius 3 is 2.56 bits per heavy atom. The van der Waals surface area contributed by atoms with Crippen molar-refractivity contribution in [3.8, 4) is 11.1 Å². The smallest absolute Gasteiger partial charge is 0.336 e. The van der Waals surface area contributed by atoms with E-state index >= 15 is 0 Å². The molecule has 18 heavy (non-hydrogen) atoms. The predicted molar refractivity (Wildman–Crippen MR) is 65.0 cm³/mol. The van der Waals surface area contributed by atoms with Crippen LogP contribution in [0.2, 0.25) is 0 Å². The fourth-order valence-corrected chi connectivity index (χ4v) is 2.07. The van der Waals surface area contributed by atoms with E-state index in [1.807, 2.05) is 6.92 Å². The number of aromatic carboxylic acids is 1. The summed E-state index contributed by atoms with van der Waals surface area (Å²) in [5.74, 6) is -1.71. The lowest BCUT2D eigenvalue weighted by Gasteiger charge is -2.07. The molecule has 0 saturated carbocycles. The number of aromatic nitrogens is 2. The van der Waals surface area contributed by atoms with E-state index in [9.17, 15) is 9.18 Å². The van der Waals surface area contributed by atoms with Gasteiger partial charge in [-0.15, -0.1) is 0 Å². The van der Waals surface area contributed by atoms with E-state index in [0.29, 0.717) is 5.56 Å². The second-order valence-corrected chi connectivity index (χ2v) is 4.16. The molecule has 1 N–H and O–H groups in total. The molecule has 0 aliphatic rings. The van der Waals surface area contributed by atoms with Gasteiger partial charge in [-0.1, -0.05) is 6.07 Å². The molecule has 0 fully saturated rings. The van der Waals surface area contributed by atoms with Gasteiger partial charge in [0.15, 0.2) is 0 Å². The molecule has 94 valence electrons. The van der Waals surface area contributed by atoms with Crippen LogP contribution >= 0.6 is 0 Å². The first-order chi connectivity index (χ1) is 8.41. The highest BCUT2D eigenvalue weighted by Crippen LogP contribution is 2.30. The lowest BCUT2D eigenvalue weighted by atomic mass is 9.98. The molecule has 5 heteroatoms. The lowest BCUT2D eigenvalue weighted by Crippen LogP contribution is -2.01. The fraction of sp³-hybridized carbons (Fsp3) is 0.231. The summed E-state index contributed by atoms with van der Waals surface area (Å²) < 4.78 is 14.8. The van der Waals surface area contributed by atoms with Gasteiger partial charge in [-0.25, -0.2) is 9.18 Å². The highest BCUT2D eigenvalue weighted by Gasteiger charge is 2.18. The predicted octanol–water partition coefficient (Wildman–Crippen LogP) is 2.54. The van der Waals surface area contributed by atoms with E-state index in [2.05, 4.69) is 5.10 Å². The number of carbonyl (C=O) groups is 1. The molecule has 0 unspecified atom stereocenters. The zero-order valence-corrected chi connectivity index (χ0v) is 10.4. The zero-order chi connectivity index (χ0) is 13.4. The third-order valence-corrected chi connectivity index (χ3v) is 2.99. The number of nitrogens with zero attached hydrogens (tertiary/aromatic N) is 2. The summed E-state index contributed by atoms with van der Waals surface area (Å²) in [4.78, 5) is 11.2. The molecule has 4 nitrogen and oxygen atoms in total. The molecule has 2 rings (SSSR count). The SMILES string of the molecule is Cc1nn(C)c(C)c1-c1ccc(F)cc1C(=O)O. The molecule has 1 heterocycles. The summed E-state index contributed by atoms with van der Waals surface area (Å²) in [7, 11) is 1.79. The summed E-state index contributed by atoms with van der Waals surface area (Å²) in [5, 5.41) is 13.4. The monoisotopic (exact) mass is 248 g/mol. The molecule has 0 spiro atoms. The van der Waals surface area contributed by atoms with Gasteiger partial charge >= 0.3 is 5.97 Å². The number of halogens is 1. The van der Waals surface area contributed by atoms with E-state index in [0.717, 1.165) is 23.0 Å². The minimum Gasteiger partial charge on any atom is -0.478 e. The number of carboxylic acid groups (broad SMARTS) is 1. The van der Waals surface area contributed by atoms with Crippen molar-refractivity contribution < 1.29 is 14.3 Å². The quantitative estimate of drug-likeness (QED) is 0.888. The Kier molecular flexibility index (Phi) is 2.90. The van der Waals surface area contributed by atoms with Gasteiger partial charge in [0, 0.05) is 23.9 Å². The van der Waals surface area contributed by atoms with Crippen molar-refractivity contribution in [3.63, 3.8) is 0 Å². The Morgan fingerprint density at radius 1 is 1.39 bits per heavy atom. The normalized spacial score (nSPS) is 10.7. The van der Waals surface area contributed by atoms with Gasteiger partial charge in [-0.05, 0) is 26.0 Å². The number of rotatable bonds is 2. The molecule has 0 amide bonds. The first-order valence-corrected chi connectivity index (χ1v) is 5.45. The highest BCUT2D eigenvalue weighted by atomic mass is 19.1. The molecule has 0 saturated heterocycles. The molecule has 0 radical (unpaired) electrons. The summed E-state index contributed by atoms with van der Waals surface area (Å²) in [6.07, 6.45) is 0. The molecule has 1 aromatic carbocycles. The van der Waals surface area contributed by atoms with Crippen molar-refractivity contribution in [1.29, 1.82) is 0 Å². The van der Waals surface area contributed by atoms with E-state index in [1.165, 1.54) is 12.1 Å². The number of carboxylic acids is 1. The maximum atomic E-state index is 13.1. The van der Waals surface area contributed by atoms with Crippen LogP contribution in [-0.2, 0) is 7.05 Å². The zero-order valence-electron chi connectivity index (χ0n) is 10.4. The van der Waals surface area contributed by atoms with Crippen LogP contribution in [0.4, 0.5) is 4.39 Å². The van der Waals surface area contributed by atoms with Crippen LogP contribution in [0.5, 0.6) is 0 Å². The van der Waals surface area contributed by atoms with Crippen molar-refractivity contribution in [3.05, 3.63) is 41.0 Å². The molecule has 0 aliphatic heterocycles. The number of benzene rings is 1. The van der Waals surface area contributed by atoms with Gasteiger partial charge in [-0.3, -0.25) is 4.68 Å². The van der Waals surface area contributed by atoms with Crippen LogP contribution in [-0.4, -0.2) is 20.9 Å². The average Bonchev–Trinajstić information content (AvgIpc) is 2.54. The van der Waals surface area contributed by atoms with Gasteiger partial charge in [0.25, 0.3) is 0 Å². The summed E-state index contributed by atoms with van der Waals surface area (Å²) in [5.41, 5.74) is 2.77. The van der Waals surface area contributed by atoms with E-state index in [-0.39, 0.29) is 5.56 Å². The van der Waals surface area contributed by atoms with Crippen molar-refractivity contribution in [1.82, 2.24) is 9.78 Å². The Bertz CT molecular complexity index is 632. The van der Waals surface area contributed by atoms with Crippen LogP contribution in [0.1, 0.15) is 21.7 Å². The summed E-state index contributed by atoms with van der Waals surface area (Å²) >= 11 is 0. The van der Waals surface area contributed by atoms with Crippen molar-refractivity contribution in [2.75, 3.05) is 0 Å². The van der Waals surface area contributed by atoms with Crippen LogP contribution in [0.3, 0.4) is 0 Å². The molecular weight excluding hydrogens is 235 g/mol. The van der Waals surface area contributed by atoms with Gasteiger partial charge in [0.05, 0.1) is 11.3 Å². The van der Waals surface area contributed by atoms with E-state index < -0.39 is 11.8 Å². The first kappa shape index (κ1) is 12.3. The topological polar surface area (TPSA) is 55.1 Å². The standard InChI is InChI=1S/C13H13FN2O2/c1-7-12(8(2)16(3)15-7)10-5-4-9(14)6-11(10)13(17)18/h4-6H,1-3H3,(H,17,18). The van der Waals surface area contributed by atoms with Crippen molar-refractivity contribution >= 4 is 5.97 Å². The minimum absolute atomic E-state index is 0.0470. The maximum Gasteiger partial charge on any atom is 0.336 e. The largest absolute Gasteiger partial charge is 0.478 e. The van der Waals surface area contributed by atoms with E-state index in [1.54, 1.807) is 18.7 Å². The lowest BCUT2D eigenvalue weighted by molar-refractivity contribution is 0.0697. The molecule has 1 aromatic heterocycles. The Balaban J connectivity index is 2.75. The highest BCUT2D eigenvalue weighted by molar-refractivity contribution is 5.96. The minimum atomic E-state index is -1.15. The Morgan fingerprint density at radius 2 is 2.06 bits per heavy atom. The number of aryl methyl sites for hydroxylation is 2. The van der Waals surface area contributed by atoms with Crippen LogP contribution in [0.25, 0.3) is 11.1 Å². The van der Waals surface area contributed by atoms with Gasteiger partial charge in [-0.2, -0.15) is 5.10 Å². The first-order valence-electron chi connectivity index (χ1n) is 5.45. The van der Waals surface area contributed by atoms with Crippen molar-refractivity contribution in [2.24, 2.45) is 7.05 Å². The van der Waals surface area contributed by atoms with Gasteiger partial charge in [0.2, 0.25) is 0 Å². The molecule has 2 aromatic rings. The average molecular weight is 248 g/mol. The second-order valence-electron chi connectivity index (χ2n) is 4.16. The fourth-order valence-electron chi connectivity index (χ4n) is 2.07. The summed E-state index contributed by atoms with van der Waals surface area (Å²) in [6, 6.07) is 3.77. The van der Waals surface area contributed by atoms with Crippen LogP contribution in [0.15, 0.2) is 18.2 Å². The maximum absolute atomic E-state index is 13.1. The number of hydrogen-bond donors (Lipinski definition) is 1. The Labute approximate surface area is 104 Å². The summed E-state index contributed by atoms with van der Waals surface area (Å²) in [6.45, 7) is 3.65. The number of hydrogen-bond acceptors (Lipinski definition) is 2. The third-order valence-electron chi connectivity index (χ3n) is 2.99. The van der Waals surface area contributed by atoms with Gasteiger partial charge < -0.3 is 5.11 Å². The molecule has 0 atom stereocenters. The molecule has 0 aliphatic carbocycles. The second kappa shape index (κ2) is 4.25. The van der Waals surface area contributed by atoms with Gasteiger partial charge in [0.1, 0.15) is 5.82 Å². The molecule has 0 bridgehead atoms. The van der Waals surface area contributed by atoms with E-state index in [4.69, 9.17) is 5.11 Å². The van der Waals surface area contributed by atoms with Crippen LogP contribution < -0.4 is 0 Å². The van der Waals surface area contributed by atoms with Crippen molar-refractivity contribution in [2.45, 2.75) is 13.8 Å².